The molecule has 0 fully saturated rings. The molecule has 120 valence electrons. The van der Waals surface area contributed by atoms with E-state index in [2.05, 4.69) is 27.6 Å². The van der Waals surface area contributed by atoms with Crippen molar-refractivity contribution >= 4 is 22.4 Å². The Morgan fingerprint density at radius 3 is 2.48 bits per heavy atom. The maximum Gasteiger partial charge on any atom is 0.196 e. The van der Waals surface area contributed by atoms with E-state index in [1.165, 1.54) is 5.56 Å². The summed E-state index contributed by atoms with van der Waals surface area (Å²) in [4.78, 5) is 13.1. The van der Waals surface area contributed by atoms with Crippen LogP contribution in [-0.4, -0.2) is 16.0 Å². The van der Waals surface area contributed by atoms with E-state index in [-0.39, 0.29) is 5.78 Å². The average molecular weight is 325 g/mol. The molecule has 2 N–H and O–H groups in total. The van der Waals surface area contributed by atoms with Crippen molar-refractivity contribution in [3.63, 3.8) is 0 Å². The van der Waals surface area contributed by atoms with Gasteiger partial charge in [-0.05, 0) is 17.7 Å². The van der Waals surface area contributed by atoms with E-state index in [9.17, 15) is 4.79 Å². The third-order valence-electron chi connectivity index (χ3n) is 4.71. The Hall–Kier alpha value is -3.40. The number of carbonyl (C=O) groups excluding carboxylic acids is 1. The van der Waals surface area contributed by atoms with Crippen molar-refractivity contribution in [1.82, 2.24) is 10.2 Å². The number of rotatable bonds is 3. The van der Waals surface area contributed by atoms with Gasteiger partial charge >= 0.3 is 0 Å². The minimum atomic E-state index is 0.0469. The Bertz CT molecular complexity index is 1110. The molecule has 0 unspecified atom stereocenters. The van der Waals surface area contributed by atoms with Crippen molar-refractivity contribution in [3.8, 4) is 11.3 Å². The molecule has 1 aromatic heterocycles. The maximum atomic E-state index is 13.1. The molecule has 0 saturated carbocycles. The van der Waals surface area contributed by atoms with Gasteiger partial charge in [-0.1, -0.05) is 54.6 Å². The fraction of sp³-hybridized carbons (Fsp3) is 0.0476. The number of hydrogen-bond acceptors (Lipinski definition) is 3. The predicted molar refractivity (Wildman–Crippen MR) is 98.7 cm³/mol. The van der Waals surface area contributed by atoms with Crippen LogP contribution in [0.1, 0.15) is 21.5 Å². The highest BCUT2D eigenvalue weighted by atomic mass is 16.1. The molecule has 1 aliphatic carbocycles. The smallest absolute Gasteiger partial charge is 0.196 e. The molecule has 1 aliphatic rings. The molecule has 3 aromatic carbocycles. The van der Waals surface area contributed by atoms with Gasteiger partial charge in [-0.2, -0.15) is 5.10 Å². The van der Waals surface area contributed by atoms with Gasteiger partial charge in [0.05, 0.1) is 11.1 Å². The van der Waals surface area contributed by atoms with Crippen LogP contribution < -0.4 is 5.32 Å². The highest BCUT2D eigenvalue weighted by Gasteiger charge is 2.29. The van der Waals surface area contributed by atoms with Crippen molar-refractivity contribution in [2.75, 3.05) is 5.32 Å². The van der Waals surface area contributed by atoms with Gasteiger partial charge in [0.1, 0.15) is 5.69 Å². The van der Waals surface area contributed by atoms with Crippen LogP contribution in [0.15, 0.2) is 66.7 Å². The molecule has 25 heavy (non-hydrogen) atoms. The number of anilines is 1. The van der Waals surface area contributed by atoms with Crippen LogP contribution in [0.2, 0.25) is 0 Å². The number of H-pyrrole nitrogens is 1. The zero-order valence-electron chi connectivity index (χ0n) is 13.4. The Balaban J connectivity index is 1.66. The number of benzene rings is 3. The maximum absolute atomic E-state index is 13.1. The van der Waals surface area contributed by atoms with Crippen LogP contribution in [0.4, 0.5) is 5.69 Å². The summed E-state index contributed by atoms with van der Waals surface area (Å²) in [5.74, 6) is 0.0469. The molecular weight excluding hydrogens is 310 g/mol. The van der Waals surface area contributed by atoms with E-state index >= 15 is 0 Å². The summed E-state index contributed by atoms with van der Waals surface area (Å²) in [5, 5.41) is 11.8. The number of nitrogens with one attached hydrogen (secondary N) is 2. The number of ketones is 1. The van der Waals surface area contributed by atoms with Crippen molar-refractivity contribution in [3.05, 3.63) is 83.4 Å². The van der Waals surface area contributed by atoms with Crippen molar-refractivity contribution in [2.45, 2.75) is 6.54 Å². The van der Waals surface area contributed by atoms with Gasteiger partial charge in [0.15, 0.2) is 5.78 Å². The second-order valence-corrected chi connectivity index (χ2v) is 6.20. The minimum Gasteiger partial charge on any atom is -0.380 e. The molecule has 4 heteroatoms. The molecule has 1 heterocycles. The van der Waals surface area contributed by atoms with Gasteiger partial charge in [-0.15, -0.1) is 0 Å². The summed E-state index contributed by atoms with van der Waals surface area (Å²) < 4.78 is 0. The van der Waals surface area contributed by atoms with Crippen LogP contribution in [0, 0.1) is 0 Å². The lowest BCUT2D eigenvalue weighted by Gasteiger charge is -2.18. The van der Waals surface area contributed by atoms with Gasteiger partial charge in [-0.3, -0.25) is 9.89 Å². The van der Waals surface area contributed by atoms with Crippen LogP contribution in [0.25, 0.3) is 22.2 Å². The van der Waals surface area contributed by atoms with E-state index in [1.54, 1.807) is 0 Å². The van der Waals surface area contributed by atoms with Crippen molar-refractivity contribution in [1.29, 1.82) is 0 Å². The molecule has 0 saturated heterocycles. The molecule has 0 bridgehead atoms. The number of aromatic nitrogens is 2. The number of fused-ring (bicyclic) bond motifs is 2. The first kappa shape index (κ1) is 14.0. The molecule has 0 atom stereocenters. The second kappa shape index (κ2) is 5.31. The molecule has 4 aromatic rings. The lowest BCUT2D eigenvalue weighted by atomic mass is 9.86. The first-order chi connectivity index (χ1) is 12.3. The van der Waals surface area contributed by atoms with E-state index < -0.39 is 0 Å². The number of aromatic amines is 1. The first-order valence-electron chi connectivity index (χ1n) is 8.26. The summed E-state index contributed by atoms with van der Waals surface area (Å²) in [5.41, 5.74) is 6.06. The van der Waals surface area contributed by atoms with E-state index in [1.807, 2.05) is 54.6 Å². The number of nitrogens with zero attached hydrogens (tertiary/aromatic N) is 1. The molecule has 5 rings (SSSR count). The van der Waals surface area contributed by atoms with Gasteiger partial charge in [-0.25, -0.2) is 0 Å². The zero-order valence-corrected chi connectivity index (χ0v) is 13.4. The normalized spacial score (nSPS) is 12.2. The number of hydrogen-bond donors (Lipinski definition) is 2. The summed E-state index contributed by atoms with van der Waals surface area (Å²) in [6, 6.07) is 21.7. The minimum absolute atomic E-state index is 0.0469. The summed E-state index contributed by atoms with van der Waals surface area (Å²) in [6.07, 6.45) is 0. The lowest BCUT2D eigenvalue weighted by Crippen LogP contribution is -2.13. The molecular formula is C21H15N3O. The summed E-state index contributed by atoms with van der Waals surface area (Å²) in [6.45, 7) is 0.668. The third-order valence-corrected chi connectivity index (χ3v) is 4.71. The molecule has 0 aliphatic heterocycles. The molecule has 0 radical (unpaired) electrons. The second-order valence-electron chi connectivity index (χ2n) is 6.20. The Kier molecular flexibility index (Phi) is 2.97. The summed E-state index contributed by atoms with van der Waals surface area (Å²) in [7, 11) is 0. The average Bonchev–Trinajstić information content (AvgIpc) is 3.10. The first-order valence-corrected chi connectivity index (χ1v) is 8.26. The van der Waals surface area contributed by atoms with Crippen LogP contribution in [0.5, 0.6) is 0 Å². The quantitative estimate of drug-likeness (QED) is 0.517. The molecule has 4 nitrogen and oxygen atoms in total. The largest absolute Gasteiger partial charge is 0.380 e. The predicted octanol–water partition coefficient (Wildman–Crippen LogP) is 4.39. The lowest BCUT2D eigenvalue weighted by molar-refractivity contribution is 0.104. The van der Waals surface area contributed by atoms with Gasteiger partial charge in [0, 0.05) is 28.7 Å². The fourth-order valence-corrected chi connectivity index (χ4v) is 3.51. The summed E-state index contributed by atoms with van der Waals surface area (Å²) >= 11 is 0. The Labute approximate surface area is 144 Å². The van der Waals surface area contributed by atoms with Gasteiger partial charge in [0.2, 0.25) is 0 Å². The van der Waals surface area contributed by atoms with Crippen LogP contribution in [-0.2, 0) is 6.54 Å². The Morgan fingerprint density at radius 2 is 1.64 bits per heavy atom. The zero-order chi connectivity index (χ0) is 16.8. The van der Waals surface area contributed by atoms with E-state index in [4.69, 9.17) is 0 Å². The highest BCUT2D eigenvalue weighted by molar-refractivity contribution is 6.27. The molecule has 0 spiro atoms. The SMILES string of the molecule is O=C1c2ccccc2-c2n[nH]c3ccc(NCc4ccccc4)c1c23. The third kappa shape index (κ3) is 2.08. The fourth-order valence-electron chi connectivity index (χ4n) is 3.51. The highest BCUT2D eigenvalue weighted by Crippen LogP contribution is 2.40. The van der Waals surface area contributed by atoms with Gasteiger partial charge < -0.3 is 5.32 Å². The van der Waals surface area contributed by atoms with Crippen LogP contribution in [0.3, 0.4) is 0 Å². The van der Waals surface area contributed by atoms with Crippen molar-refractivity contribution in [2.24, 2.45) is 0 Å². The van der Waals surface area contributed by atoms with E-state index in [0.717, 1.165) is 27.8 Å². The van der Waals surface area contributed by atoms with Crippen molar-refractivity contribution < 1.29 is 4.79 Å². The van der Waals surface area contributed by atoms with Crippen LogP contribution >= 0.6 is 0 Å². The van der Waals surface area contributed by atoms with E-state index in [0.29, 0.717) is 17.7 Å². The standard InChI is InChI=1S/C21H15N3O/c25-21-15-9-5-4-8-14(15)20-18-17(23-24-20)11-10-16(19(18)21)22-12-13-6-2-1-3-7-13/h1-11,22H,12H2,(H,23,24). The Morgan fingerprint density at radius 1 is 0.880 bits per heavy atom. The number of carbonyl (C=O) groups is 1. The monoisotopic (exact) mass is 325 g/mol. The topological polar surface area (TPSA) is 57.8 Å². The molecule has 0 amide bonds. The van der Waals surface area contributed by atoms with Gasteiger partial charge in [0.25, 0.3) is 0 Å².